The van der Waals surface area contributed by atoms with Crippen molar-refractivity contribution < 1.29 is 19.1 Å². The fraction of sp³-hybridized carbons (Fsp3) is 0.300. The minimum Gasteiger partial charge on any atom is -0.391 e. The highest BCUT2D eigenvalue weighted by atomic mass is 35.5. The van der Waals surface area contributed by atoms with Gasteiger partial charge in [-0.25, -0.2) is 0 Å². The molecule has 0 spiro atoms. The zero-order valence-electron chi connectivity index (χ0n) is 15.9. The van der Waals surface area contributed by atoms with Crippen molar-refractivity contribution in [2.24, 2.45) is 0 Å². The summed E-state index contributed by atoms with van der Waals surface area (Å²) in [5.74, 6) is 0.342. The number of hydrogen-bond donors (Lipinski definition) is 3. The molecule has 29 heavy (non-hydrogen) atoms. The maximum Gasteiger partial charge on any atom is 0.264 e. The van der Waals surface area contributed by atoms with Crippen molar-refractivity contribution in [3.63, 3.8) is 0 Å². The first-order chi connectivity index (χ1) is 13.8. The second kappa shape index (κ2) is 9.65. The van der Waals surface area contributed by atoms with E-state index in [-0.39, 0.29) is 30.2 Å². The molecule has 3 aromatic rings. The van der Waals surface area contributed by atoms with Crippen molar-refractivity contribution >= 4 is 19.0 Å². The highest BCUT2D eigenvalue weighted by molar-refractivity contribution is 7.57. The third-order valence-corrected chi connectivity index (χ3v) is 6.49. The number of nitrogens with one attached hydrogen (secondary N) is 1. The molecule has 7 nitrogen and oxygen atoms in total. The molecule has 0 bridgehead atoms. The summed E-state index contributed by atoms with van der Waals surface area (Å²) in [4.78, 5) is 14.2. The van der Waals surface area contributed by atoms with E-state index in [1.807, 2.05) is 61.5 Å². The SMILES string of the molecule is CC(NC[C@H](O)CP(=O)(O)Cc1ccccc1)c1ccc(-c2nc(Cl)no2)cc1. The molecule has 3 atom stereocenters. The standard InChI is InChI=1S/C20H23ClN3O4P/c1-14(16-7-9-17(10-8-16)19-23-20(21)24-28-19)22-11-18(25)13-29(26,27)12-15-5-3-2-4-6-15/h2-10,14,18,22,25H,11-13H2,1H3,(H,26,27)/t14?,18-/m0/s1. The van der Waals surface area contributed by atoms with Gasteiger partial charge in [-0.15, -0.1) is 0 Å². The van der Waals surface area contributed by atoms with E-state index in [1.165, 1.54) is 0 Å². The number of nitrogens with zero attached hydrogens (tertiary/aromatic N) is 2. The molecule has 0 amide bonds. The molecule has 0 aliphatic heterocycles. The zero-order valence-corrected chi connectivity index (χ0v) is 17.6. The minimum absolute atomic E-state index is 0.0570. The summed E-state index contributed by atoms with van der Waals surface area (Å²) in [5.41, 5.74) is 2.53. The van der Waals surface area contributed by atoms with E-state index in [0.717, 1.165) is 16.7 Å². The van der Waals surface area contributed by atoms with Crippen LogP contribution in [0.2, 0.25) is 5.28 Å². The van der Waals surface area contributed by atoms with Gasteiger partial charge in [0.05, 0.1) is 12.3 Å². The van der Waals surface area contributed by atoms with Crippen LogP contribution in [-0.4, -0.2) is 39.0 Å². The number of hydrogen-bond acceptors (Lipinski definition) is 6. The monoisotopic (exact) mass is 435 g/mol. The van der Waals surface area contributed by atoms with Gasteiger partial charge in [0.15, 0.2) is 0 Å². The van der Waals surface area contributed by atoms with E-state index in [1.54, 1.807) is 0 Å². The molecule has 2 unspecified atom stereocenters. The smallest absolute Gasteiger partial charge is 0.264 e. The average molecular weight is 436 g/mol. The Labute approximate surface area is 174 Å². The Morgan fingerprint density at radius 1 is 1.17 bits per heavy atom. The van der Waals surface area contributed by atoms with E-state index in [4.69, 9.17) is 16.1 Å². The summed E-state index contributed by atoms with van der Waals surface area (Å²) in [6, 6.07) is 16.6. The third-order valence-electron chi connectivity index (χ3n) is 4.49. The van der Waals surface area contributed by atoms with E-state index < -0.39 is 13.5 Å². The van der Waals surface area contributed by atoms with Crippen LogP contribution in [0, 0.1) is 0 Å². The topological polar surface area (TPSA) is 108 Å². The quantitative estimate of drug-likeness (QED) is 0.438. The average Bonchev–Trinajstić information content (AvgIpc) is 3.12. The second-order valence-corrected chi connectivity index (χ2v) is 9.66. The van der Waals surface area contributed by atoms with Crippen molar-refractivity contribution in [2.45, 2.75) is 25.2 Å². The number of halogens is 1. The Balaban J connectivity index is 1.50. The summed E-state index contributed by atoms with van der Waals surface area (Å²) in [5, 5.41) is 17.0. The molecule has 0 aliphatic rings. The maximum absolute atomic E-state index is 12.4. The molecular weight excluding hydrogens is 413 g/mol. The largest absolute Gasteiger partial charge is 0.391 e. The third kappa shape index (κ3) is 6.49. The fourth-order valence-electron chi connectivity index (χ4n) is 2.99. The number of benzene rings is 2. The van der Waals surface area contributed by atoms with Crippen LogP contribution in [0.25, 0.3) is 11.5 Å². The minimum atomic E-state index is -3.47. The van der Waals surface area contributed by atoms with Gasteiger partial charge in [0, 0.05) is 24.3 Å². The van der Waals surface area contributed by atoms with Gasteiger partial charge in [0.25, 0.3) is 11.2 Å². The molecule has 0 saturated carbocycles. The van der Waals surface area contributed by atoms with Crippen molar-refractivity contribution in [1.82, 2.24) is 15.5 Å². The lowest BCUT2D eigenvalue weighted by Crippen LogP contribution is -2.31. The van der Waals surface area contributed by atoms with E-state index in [2.05, 4.69) is 15.5 Å². The van der Waals surface area contributed by atoms with Gasteiger partial charge in [-0.1, -0.05) is 42.5 Å². The normalized spacial score (nSPS) is 15.6. The fourth-order valence-corrected chi connectivity index (χ4v) is 4.80. The van der Waals surface area contributed by atoms with E-state index in [9.17, 15) is 14.6 Å². The molecule has 1 aromatic heterocycles. The van der Waals surface area contributed by atoms with Gasteiger partial charge < -0.3 is 19.8 Å². The van der Waals surface area contributed by atoms with Crippen LogP contribution in [0.4, 0.5) is 0 Å². The summed E-state index contributed by atoms with van der Waals surface area (Å²) >= 11 is 5.67. The summed E-state index contributed by atoms with van der Waals surface area (Å²) < 4.78 is 17.4. The summed E-state index contributed by atoms with van der Waals surface area (Å²) in [7, 11) is -3.47. The Morgan fingerprint density at radius 2 is 1.86 bits per heavy atom. The van der Waals surface area contributed by atoms with Crippen LogP contribution in [0.3, 0.4) is 0 Å². The Morgan fingerprint density at radius 3 is 2.48 bits per heavy atom. The molecule has 2 aromatic carbocycles. The number of aromatic nitrogens is 2. The Hall–Kier alpha value is -2.02. The number of rotatable bonds is 9. The van der Waals surface area contributed by atoms with Crippen LogP contribution in [-0.2, 0) is 10.7 Å². The van der Waals surface area contributed by atoms with Crippen molar-refractivity contribution in [3.8, 4) is 11.5 Å². The zero-order chi connectivity index (χ0) is 20.9. The summed E-state index contributed by atoms with van der Waals surface area (Å²) in [6.45, 7) is 2.16. The molecule has 0 saturated heterocycles. The van der Waals surface area contributed by atoms with Crippen LogP contribution < -0.4 is 5.32 Å². The van der Waals surface area contributed by atoms with E-state index >= 15 is 0 Å². The molecule has 1 heterocycles. The van der Waals surface area contributed by atoms with Gasteiger partial charge in [0.2, 0.25) is 7.37 Å². The van der Waals surface area contributed by atoms with Crippen LogP contribution in [0.1, 0.15) is 24.1 Å². The lowest BCUT2D eigenvalue weighted by Gasteiger charge is -2.20. The van der Waals surface area contributed by atoms with Crippen LogP contribution in [0.5, 0.6) is 0 Å². The van der Waals surface area contributed by atoms with Crippen molar-refractivity contribution in [2.75, 3.05) is 12.7 Å². The molecule has 3 N–H and O–H groups in total. The predicted molar refractivity (Wildman–Crippen MR) is 112 cm³/mol. The highest BCUT2D eigenvalue weighted by Gasteiger charge is 2.23. The Kier molecular flexibility index (Phi) is 7.22. The lowest BCUT2D eigenvalue weighted by molar-refractivity contribution is 0.186. The van der Waals surface area contributed by atoms with Crippen LogP contribution >= 0.6 is 19.0 Å². The maximum atomic E-state index is 12.4. The van der Waals surface area contributed by atoms with Crippen molar-refractivity contribution in [3.05, 3.63) is 71.0 Å². The lowest BCUT2D eigenvalue weighted by atomic mass is 10.1. The number of aliphatic hydroxyl groups excluding tert-OH is 1. The van der Waals surface area contributed by atoms with Gasteiger partial charge in [-0.2, -0.15) is 4.98 Å². The molecule has 0 radical (unpaired) electrons. The summed E-state index contributed by atoms with van der Waals surface area (Å²) in [6.07, 6.45) is -1.02. The van der Waals surface area contributed by atoms with Gasteiger partial charge >= 0.3 is 0 Å². The van der Waals surface area contributed by atoms with E-state index in [0.29, 0.717) is 5.89 Å². The molecule has 154 valence electrons. The molecule has 9 heteroatoms. The number of aliphatic hydroxyl groups is 1. The molecule has 0 fully saturated rings. The van der Waals surface area contributed by atoms with Crippen molar-refractivity contribution in [1.29, 1.82) is 0 Å². The van der Waals surface area contributed by atoms with Gasteiger partial charge in [-0.05, 0) is 46.9 Å². The highest BCUT2D eigenvalue weighted by Crippen LogP contribution is 2.44. The van der Waals surface area contributed by atoms with Crippen LogP contribution in [0.15, 0.2) is 59.1 Å². The predicted octanol–water partition coefficient (Wildman–Crippen LogP) is 3.87. The molecule has 3 rings (SSSR count). The first-order valence-corrected chi connectivity index (χ1v) is 11.6. The Bertz CT molecular complexity index is 965. The van der Waals surface area contributed by atoms with Gasteiger partial charge in [-0.3, -0.25) is 4.57 Å². The molecule has 0 aliphatic carbocycles. The first kappa shape index (κ1) is 21.7. The molecular formula is C20H23ClN3O4P. The van der Waals surface area contributed by atoms with Gasteiger partial charge in [0.1, 0.15) is 0 Å². The second-order valence-electron chi connectivity index (χ2n) is 6.95. The first-order valence-electron chi connectivity index (χ1n) is 9.18.